The van der Waals surface area contributed by atoms with Gasteiger partial charge in [-0.15, -0.1) is 0 Å². The minimum absolute atomic E-state index is 0.182. The van der Waals surface area contributed by atoms with Crippen LogP contribution in [0.1, 0.15) is 17.5 Å². The quantitative estimate of drug-likeness (QED) is 0.532. The summed E-state index contributed by atoms with van der Waals surface area (Å²) in [5.74, 6) is 1.14. The zero-order valence-electron chi connectivity index (χ0n) is 15.2. The third kappa shape index (κ3) is 3.10. The maximum absolute atomic E-state index is 12.6. The molecule has 138 valence electrons. The number of rotatable bonds is 4. The number of carbonyl (C=O) groups excluding carboxylic acids is 1. The molecule has 0 saturated carbocycles. The molecule has 2 aromatic heterocycles. The molecule has 4 rings (SSSR count). The molecule has 2 aromatic carbocycles. The van der Waals surface area contributed by atoms with Gasteiger partial charge in [0.25, 0.3) is 0 Å². The second-order valence-electron chi connectivity index (χ2n) is 5.91. The van der Waals surface area contributed by atoms with Crippen LogP contribution in [0, 0.1) is 0 Å². The maximum Gasteiger partial charge on any atom is 0.315 e. The van der Waals surface area contributed by atoms with E-state index in [9.17, 15) is 4.79 Å². The summed E-state index contributed by atoms with van der Waals surface area (Å²) in [5.41, 5.74) is 1.53. The number of hydrogen-bond acceptors (Lipinski definition) is 5. The fraction of sp³-hybridized carbons (Fsp3) is 0.200. The number of amides is 1. The number of hydrogen-bond donors (Lipinski definition) is 0. The maximum atomic E-state index is 12.6. The van der Waals surface area contributed by atoms with E-state index < -0.39 is 5.91 Å². The molecule has 0 saturated heterocycles. The predicted molar refractivity (Wildman–Crippen MR) is 105 cm³/mol. The lowest BCUT2D eigenvalue weighted by atomic mass is 10.2. The first-order valence-electron chi connectivity index (χ1n) is 8.48. The van der Waals surface area contributed by atoms with E-state index in [0.717, 1.165) is 21.4 Å². The van der Waals surface area contributed by atoms with Gasteiger partial charge in [-0.2, -0.15) is 4.99 Å². The first-order valence-corrected chi connectivity index (χ1v) is 9.30. The van der Waals surface area contributed by atoms with Crippen molar-refractivity contribution in [3.05, 3.63) is 53.0 Å². The van der Waals surface area contributed by atoms with E-state index in [4.69, 9.17) is 13.9 Å². The molecule has 0 aliphatic carbocycles. The first kappa shape index (κ1) is 17.4. The van der Waals surface area contributed by atoms with Gasteiger partial charge in [-0.1, -0.05) is 23.5 Å². The Balaban J connectivity index is 1.76. The normalized spacial score (nSPS) is 12.0. The van der Waals surface area contributed by atoms with Crippen molar-refractivity contribution in [2.24, 2.45) is 12.0 Å². The predicted octanol–water partition coefficient (Wildman–Crippen LogP) is 4.13. The third-order valence-electron chi connectivity index (χ3n) is 4.23. The lowest BCUT2D eigenvalue weighted by Crippen LogP contribution is -2.12. The number of fused-ring (bicyclic) bond motifs is 2. The Labute approximate surface area is 159 Å². The zero-order valence-corrected chi connectivity index (χ0v) is 16.0. The Kier molecular flexibility index (Phi) is 4.45. The van der Waals surface area contributed by atoms with Crippen LogP contribution in [0.25, 0.3) is 21.2 Å². The molecule has 6 nitrogen and oxygen atoms in total. The molecule has 4 aromatic rings. The molecule has 2 heterocycles. The molecule has 0 spiro atoms. The first-order chi connectivity index (χ1) is 13.1. The van der Waals surface area contributed by atoms with E-state index >= 15 is 0 Å². The summed E-state index contributed by atoms with van der Waals surface area (Å²) in [6, 6.07) is 13.0. The van der Waals surface area contributed by atoms with Crippen molar-refractivity contribution < 1.29 is 18.7 Å². The Bertz CT molecular complexity index is 1220. The van der Waals surface area contributed by atoms with Gasteiger partial charge >= 0.3 is 5.91 Å². The highest BCUT2D eigenvalue weighted by Gasteiger charge is 2.15. The molecular formula is C20H18N2O4S. The van der Waals surface area contributed by atoms with E-state index in [2.05, 4.69) is 4.99 Å². The van der Waals surface area contributed by atoms with Gasteiger partial charge in [-0.05, 0) is 37.3 Å². The van der Waals surface area contributed by atoms with E-state index in [1.54, 1.807) is 19.2 Å². The summed E-state index contributed by atoms with van der Waals surface area (Å²) in [6.07, 6.45) is 0. The number of furan rings is 1. The Morgan fingerprint density at radius 1 is 1.26 bits per heavy atom. The van der Waals surface area contributed by atoms with Crippen LogP contribution in [0.2, 0.25) is 0 Å². The molecular weight excluding hydrogens is 364 g/mol. The SMILES string of the molecule is CCOc1ccc2c(c1)sc(=NC(=O)c1cc3cccc(OC)c3o1)n2C. The number of aromatic nitrogens is 1. The van der Waals surface area contributed by atoms with Crippen molar-refractivity contribution in [1.82, 2.24) is 4.57 Å². The standard InChI is InChI=1S/C20H18N2O4S/c1-4-25-13-8-9-14-17(11-13)27-20(22(14)2)21-19(23)16-10-12-6-5-7-15(24-3)18(12)26-16/h5-11H,4H2,1-3H3. The fourth-order valence-electron chi connectivity index (χ4n) is 2.92. The largest absolute Gasteiger partial charge is 0.494 e. The number of para-hydroxylation sites is 1. The lowest BCUT2D eigenvalue weighted by Gasteiger charge is -2.02. The van der Waals surface area contributed by atoms with Crippen LogP contribution >= 0.6 is 11.3 Å². The number of ether oxygens (including phenoxy) is 2. The molecule has 27 heavy (non-hydrogen) atoms. The van der Waals surface area contributed by atoms with Crippen LogP contribution in [0.4, 0.5) is 0 Å². The molecule has 0 bridgehead atoms. The Hall–Kier alpha value is -3.06. The molecule has 0 aliphatic rings. The number of benzene rings is 2. The van der Waals surface area contributed by atoms with E-state index in [1.807, 2.05) is 48.9 Å². The van der Waals surface area contributed by atoms with E-state index in [1.165, 1.54) is 11.3 Å². The second-order valence-corrected chi connectivity index (χ2v) is 6.92. The van der Waals surface area contributed by atoms with Gasteiger partial charge in [0.1, 0.15) is 5.75 Å². The summed E-state index contributed by atoms with van der Waals surface area (Å²) in [5, 5.41) is 0.801. The van der Waals surface area contributed by atoms with Crippen LogP contribution in [-0.2, 0) is 7.05 Å². The molecule has 1 amide bonds. The van der Waals surface area contributed by atoms with Gasteiger partial charge in [0, 0.05) is 12.4 Å². The molecule has 7 heteroatoms. The summed E-state index contributed by atoms with van der Waals surface area (Å²) in [6.45, 7) is 2.55. The summed E-state index contributed by atoms with van der Waals surface area (Å²) < 4.78 is 19.4. The lowest BCUT2D eigenvalue weighted by molar-refractivity contribution is 0.0973. The van der Waals surface area contributed by atoms with Crippen molar-refractivity contribution in [1.29, 1.82) is 0 Å². The average Bonchev–Trinajstić information content (AvgIpc) is 3.23. The highest BCUT2D eigenvalue weighted by molar-refractivity contribution is 7.16. The molecule has 0 aliphatic heterocycles. The fourth-order valence-corrected chi connectivity index (χ4v) is 3.97. The van der Waals surface area contributed by atoms with Gasteiger partial charge in [-0.3, -0.25) is 4.79 Å². The van der Waals surface area contributed by atoms with Crippen molar-refractivity contribution in [3.8, 4) is 11.5 Å². The van der Waals surface area contributed by atoms with E-state index in [0.29, 0.717) is 22.7 Å². The number of thiazole rings is 1. The smallest absolute Gasteiger partial charge is 0.315 e. The van der Waals surface area contributed by atoms with Gasteiger partial charge in [-0.25, -0.2) is 0 Å². The average molecular weight is 382 g/mol. The highest BCUT2D eigenvalue weighted by Crippen LogP contribution is 2.29. The highest BCUT2D eigenvalue weighted by atomic mass is 32.1. The number of carbonyl (C=O) groups is 1. The molecule has 0 fully saturated rings. The zero-order chi connectivity index (χ0) is 19.0. The topological polar surface area (TPSA) is 66.0 Å². The van der Waals surface area contributed by atoms with Crippen molar-refractivity contribution >= 4 is 38.4 Å². The van der Waals surface area contributed by atoms with Crippen LogP contribution < -0.4 is 14.3 Å². The van der Waals surface area contributed by atoms with E-state index in [-0.39, 0.29) is 5.76 Å². The molecule has 0 atom stereocenters. The third-order valence-corrected chi connectivity index (χ3v) is 5.32. The summed E-state index contributed by atoms with van der Waals surface area (Å²) >= 11 is 1.43. The van der Waals surface area contributed by atoms with Crippen molar-refractivity contribution in [2.75, 3.05) is 13.7 Å². The summed E-state index contributed by atoms with van der Waals surface area (Å²) in [4.78, 5) is 17.5. The second kappa shape index (κ2) is 6.92. The minimum Gasteiger partial charge on any atom is -0.494 e. The molecule has 0 radical (unpaired) electrons. The Morgan fingerprint density at radius 3 is 2.89 bits per heavy atom. The van der Waals surface area contributed by atoms with Gasteiger partial charge in [0.05, 0.1) is 23.9 Å². The summed E-state index contributed by atoms with van der Waals surface area (Å²) in [7, 11) is 3.45. The minimum atomic E-state index is -0.430. The number of nitrogens with zero attached hydrogens (tertiary/aromatic N) is 2. The van der Waals surface area contributed by atoms with Gasteiger partial charge in [0.2, 0.25) is 0 Å². The van der Waals surface area contributed by atoms with Crippen LogP contribution in [0.5, 0.6) is 11.5 Å². The van der Waals surface area contributed by atoms with Crippen molar-refractivity contribution in [3.63, 3.8) is 0 Å². The molecule has 0 unspecified atom stereocenters. The Morgan fingerprint density at radius 2 is 2.11 bits per heavy atom. The number of methoxy groups -OCH3 is 1. The van der Waals surface area contributed by atoms with Crippen molar-refractivity contribution in [2.45, 2.75) is 6.92 Å². The number of aryl methyl sites for hydroxylation is 1. The van der Waals surface area contributed by atoms with Gasteiger partial charge < -0.3 is 18.5 Å². The molecule has 0 N–H and O–H groups in total. The van der Waals surface area contributed by atoms with Gasteiger partial charge in [0.15, 0.2) is 21.9 Å². The van der Waals surface area contributed by atoms with Crippen LogP contribution in [0.15, 0.2) is 51.9 Å². The van der Waals surface area contributed by atoms with Crippen LogP contribution in [0.3, 0.4) is 0 Å². The van der Waals surface area contributed by atoms with Crippen LogP contribution in [-0.4, -0.2) is 24.2 Å². The monoisotopic (exact) mass is 382 g/mol.